The van der Waals surface area contributed by atoms with Crippen LogP contribution >= 0.6 is 0 Å². The molecule has 0 atom stereocenters. The largest absolute Gasteiger partial charge is 0.494 e. The molecule has 0 bridgehead atoms. The van der Waals surface area contributed by atoms with Crippen molar-refractivity contribution in [2.45, 2.75) is 32.1 Å². The molecule has 2 aromatic rings. The zero-order valence-corrected chi connectivity index (χ0v) is 13.3. The Morgan fingerprint density at radius 1 is 0.870 bits per heavy atom. The highest BCUT2D eigenvalue weighted by Crippen LogP contribution is 2.11. The zero-order chi connectivity index (χ0) is 16.2. The summed E-state index contributed by atoms with van der Waals surface area (Å²) in [5, 5.41) is 0. The summed E-state index contributed by atoms with van der Waals surface area (Å²) in [7, 11) is 0. The summed E-state index contributed by atoms with van der Waals surface area (Å²) >= 11 is 0. The van der Waals surface area contributed by atoms with Crippen LogP contribution in [0, 0.1) is 11.8 Å². The van der Waals surface area contributed by atoms with Crippen LogP contribution in [0.25, 0.3) is 0 Å². The van der Waals surface area contributed by atoms with Crippen LogP contribution in [0.1, 0.15) is 41.6 Å². The highest BCUT2D eigenvalue weighted by molar-refractivity contribution is 5.74. The Hall–Kier alpha value is -2.53. The Labute approximate surface area is 138 Å². The second kappa shape index (κ2) is 10.2. The fourth-order valence-corrected chi connectivity index (χ4v) is 2.18. The molecule has 0 N–H and O–H groups in total. The monoisotopic (exact) mass is 306 g/mol. The first-order chi connectivity index (χ1) is 11.4. The van der Waals surface area contributed by atoms with Gasteiger partial charge in [-0.2, -0.15) is 0 Å². The van der Waals surface area contributed by atoms with E-state index in [-0.39, 0.29) is 0 Å². The minimum atomic E-state index is 0.670. The molecule has 23 heavy (non-hydrogen) atoms. The van der Waals surface area contributed by atoms with Crippen molar-refractivity contribution in [3.05, 3.63) is 65.7 Å². The smallest absolute Gasteiger partial charge is 0.150 e. The van der Waals surface area contributed by atoms with Gasteiger partial charge in [0.2, 0.25) is 0 Å². The molecular weight excluding hydrogens is 284 g/mol. The standard InChI is InChI=1S/C21H22O2/c22-18-20-13-15-21(16-14-20)23-17-9-4-2-1-3-6-10-19-11-7-5-8-12-19/h5,7-8,11-16,18H,2,4,6,9-10,17H2. The van der Waals surface area contributed by atoms with Gasteiger partial charge in [0.25, 0.3) is 0 Å². The van der Waals surface area contributed by atoms with Crippen LogP contribution in [0.15, 0.2) is 54.6 Å². The van der Waals surface area contributed by atoms with Gasteiger partial charge in [0.1, 0.15) is 12.0 Å². The molecule has 0 aliphatic carbocycles. The summed E-state index contributed by atoms with van der Waals surface area (Å²) in [5.74, 6) is 7.27. The van der Waals surface area contributed by atoms with Gasteiger partial charge in [0.05, 0.1) is 6.61 Å². The van der Waals surface area contributed by atoms with Gasteiger partial charge in [-0.25, -0.2) is 0 Å². The maximum Gasteiger partial charge on any atom is 0.150 e. The number of aldehydes is 1. The molecule has 2 aromatic carbocycles. The van der Waals surface area contributed by atoms with Crippen molar-refractivity contribution in [3.63, 3.8) is 0 Å². The number of ether oxygens (including phenoxy) is 1. The molecule has 0 aromatic heterocycles. The van der Waals surface area contributed by atoms with E-state index in [0.717, 1.165) is 44.1 Å². The molecule has 0 fully saturated rings. The number of rotatable bonds is 8. The van der Waals surface area contributed by atoms with E-state index >= 15 is 0 Å². The van der Waals surface area contributed by atoms with Gasteiger partial charge in [-0.15, -0.1) is 11.8 Å². The second-order valence-corrected chi connectivity index (χ2v) is 5.33. The number of hydrogen-bond donors (Lipinski definition) is 0. The minimum absolute atomic E-state index is 0.670. The van der Waals surface area contributed by atoms with E-state index in [1.807, 2.05) is 18.2 Å². The van der Waals surface area contributed by atoms with Crippen molar-refractivity contribution in [3.8, 4) is 17.6 Å². The molecular formula is C21H22O2. The lowest BCUT2D eigenvalue weighted by molar-refractivity contribution is 0.112. The first-order valence-electron chi connectivity index (χ1n) is 8.06. The van der Waals surface area contributed by atoms with E-state index in [0.29, 0.717) is 12.2 Å². The summed E-state index contributed by atoms with van der Waals surface area (Å²) < 4.78 is 5.63. The Morgan fingerprint density at radius 2 is 1.61 bits per heavy atom. The minimum Gasteiger partial charge on any atom is -0.494 e. The lowest BCUT2D eigenvalue weighted by atomic mass is 10.1. The number of unbranched alkanes of at least 4 members (excludes halogenated alkanes) is 2. The highest BCUT2D eigenvalue weighted by Gasteiger charge is 1.94. The molecule has 0 amide bonds. The third-order valence-electron chi connectivity index (χ3n) is 3.49. The van der Waals surface area contributed by atoms with Crippen LogP contribution in [0.4, 0.5) is 0 Å². The Kier molecular flexibility index (Phi) is 7.49. The van der Waals surface area contributed by atoms with E-state index < -0.39 is 0 Å². The van der Waals surface area contributed by atoms with Crippen molar-refractivity contribution < 1.29 is 9.53 Å². The Bertz CT molecular complexity index is 633. The van der Waals surface area contributed by atoms with Gasteiger partial charge in [0.15, 0.2) is 0 Å². The zero-order valence-electron chi connectivity index (χ0n) is 13.3. The SMILES string of the molecule is O=Cc1ccc(OCCCCC#CCCc2ccccc2)cc1. The average molecular weight is 306 g/mol. The van der Waals surface area contributed by atoms with E-state index in [2.05, 4.69) is 36.1 Å². The number of aryl methyl sites for hydroxylation is 1. The average Bonchev–Trinajstić information content (AvgIpc) is 2.61. The van der Waals surface area contributed by atoms with Crippen LogP contribution in [-0.2, 0) is 6.42 Å². The van der Waals surface area contributed by atoms with E-state index in [1.54, 1.807) is 12.1 Å². The summed E-state index contributed by atoms with van der Waals surface area (Å²) in [5.41, 5.74) is 2.01. The van der Waals surface area contributed by atoms with Crippen molar-refractivity contribution in [1.29, 1.82) is 0 Å². The molecule has 0 aliphatic rings. The quantitative estimate of drug-likeness (QED) is 0.402. The molecule has 0 unspecified atom stereocenters. The molecule has 2 rings (SSSR count). The Balaban J connectivity index is 1.52. The van der Waals surface area contributed by atoms with Crippen molar-refractivity contribution >= 4 is 6.29 Å². The van der Waals surface area contributed by atoms with Crippen molar-refractivity contribution in [1.82, 2.24) is 0 Å². The molecule has 2 heteroatoms. The lowest BCUT2D eigenvalue weighted by Crippen LogP contribution is -1.97. The third-order valence-corrected chi connectivity index (χ3v) is 3.49. The van der Waals surface area contributed by atoms with Gasteiger partial charge in [0, 0.05) is 18.4 Å². The summed E-state index contributed by atoms with van der Waals surface area (Å²) in [6.45, 7) is 0.687. The van der Waals surface area contributed by atoms with Crippen LogP contribution in [0.5, 0.6) is 5.75 Å². The number of benzene rings is 2. The summed E-state index contributed by atoms with van der Waals surface area (Å²) in [4.78, 5) is 10.6. The molecule has 0 aliphatic heterocycles. The topological polar surface area (TPSA) is 26.3 Å². The fourth-order valence-electron chi connectivity index (χ4n) is 2.18. The maximum absolute atomic E-state index is 10.6. The second-order valence-electron chi connectivity index (χ2n) is 5.33. The van der Waals surface area contributed by atoms with Gasteiger partial charge in [-0.05, 0) is 49.1 Å². The number of carbonyl (C=O) groups is 1. The summed E-state index contributed by atoms with van der Waals surface area (Å²) in [6, 6.07) is 17.6. The van der Waals surface area contributed by atoms with Gasteiger partial charge in [-0.1, -0.05) is 30.3 Å². The molecule has 0 saturated heterocycles. The first-order valence-corrected chi connectivity index (χ1v) is 8.06. The van der Waals surface area contributed by atoms with Crippen molar-refractivity contribution in [2.75, 3.05) is 6.61 Å². The maximum atomic E-state index is 10.6. The van der Waals surface area contributed by atoms with Crippen LogP contribution < -0.4 is 4.74 Å². The molecule has 0 spiro atoms. The lowest BCUT2D eigenvalue weighted by Gasteiger charge is -2.04. The fraction of sp³-hybridized carbons (Fsp3) is 0.286. The predicted molar refractivity (Wildman–Crippen MR) is 93.7 cm³/mol. The van der Waals surface area contributed by atoms with Crippen LogP contribution in [0.2, 0.25) is 0 Å². The van der Waals surface area contributed by atoms with Crippen LogP contribution in [0.3, 0.4) is 0 Å². The van der Waals surface area contributed by atoms with Crippen molar-refractivity contribution in [2.24, 2.45) is 0 Å². The van der Waals surface area contributed by atoms with Crippen LogP contribution in [-0.4, -0.2) is 12.9 Å². The highest BCUT2D eigenvalue weighted by atomic mass is 16.5. The van der Waals surface area contributed by atoms with Gasteiger partial charge in [-0.3, -0.25) is 4.79 Å². The van der Waals surface area contributed by atoms with Gasteiger partial charge >= 0.3 is 0 Å². The molecule has 0 saturated carbocycles. The first kappa shape index (κ1) is 16.8. The molecule has 0 heterocycles. The molecule has 2 nitrogen and oxygen atoms in total. The van der Waals surface area contributed by atoms with Gasteiger partial charge < -0.3 is 4.74 Å². The normalized spacial score (nSPS) is 9.74. The van der Waals surface area contributed by atoms with E-state index in [1.165, 1.54) is 5.56 Å². The number of carbonyl (C=O) groups excluding carboxylic acids is 1. The number of hydrogen-bond acceptors (Lipinski definition) is 2. The van der Waals surface area contributed by atoms with E-state index in [9.17, 15) is 4.79 Å². The summed E-state index contributed by atoms with van der Waals surface area (Å²) in [6.07, 6.45) is 5.73. The molecule has 0 radical (unpaired) electrons. The third kappa shape index (κ3) is 6.84. The Morgan fingerprint density at radius 3 is 2.35 bits per heavy atom. The van der Waals surface area contributed by atoms with E-state index in [4.69, 9.17) is 4.74 Å². The molecule has 118 valence electrons. The predicted octanol–water partition coefficient (Wildman–Crippen LogP) is 4.68.